The van der Waals surface area contributed by atoms with Crippen molar-refractivity contribution in [3.05, 3.63) is 75.6 Å². The molecule has 0 saturated carbocycles. The molecule has 0 saturated heterocycles. The molecule has 0 fully saturated rings. The number of hydrogen-bond acceptors (Lipinski definition) is 5. The first kappa shape index (κ1) is 17.4. The summed E-state index contributed by atoms with van der Waals surface area (Å²) in [7, 11) is 0. The third kappa shape index (κ3) is 5.01. The molecule has 7 heteroatoms. The van der Waals surface area contributed by atoms with Gasteiger partial charge in [-0.1, -0.05) is 39.7 Å². The summed E-state index contributed by atoms with van der Waals surface area (Å²) in [4.78, 5) is 11.8. The lowest BCUT2D eigenvalue weighted by Crippen LogP contribution is -2.00. The standard InChI is InChI=1S/C18H12BrClN2O3/c19-14-3-1-2-12(10-14)4-9-17(23)24-11-16-21-22-18(25-16)13-5-7-15(20)8-6-13/h1-10H,11H2/b9-4+. The molecular formula is C18H12BrClN2O3. The van der Waals surface area contributed by atoms with Gasteiger partial charge in [-0.2, -0.15) is 0 Å². The topological polar surface area (TPSA) is 65.2 Å². The number of carbonyl (C=O) groups is 1. The maximum absolute atomic E-state index is 11.8. The van der Waals surface area contributed by atoms with Gasteiger partial charge in [-0.25, -0.2) is 4.79 Å². The molecule has 3 rings (SSSR count). The van der Waals surface area contributed by atoms with Gasteiger partial charge in [0, 0.05) is 21.1 Å². The average molecular weight is 420 g/mol. The number of ether oxygens (including phenoxy) is 1. The molecule has 0 aliphatic carbocycles. The molecular weight excluding hydrogens is 408 g/mol. The predicted octanol–water partition coefficient (Wildman–Crippen LogP) is 4.91. The molecule has 5 nitrogen and oxygen atoms in total. The van der Waals surface area contributed by atoms with Crippen molar-refractivity contribution < 1.29 is 13.9 Å². The SMILES string of the molecule is O=C(/C=C/c1cccc(Br)c1)OCc1nnc(-c2ccc(Cl)cc2)o1. The van der Waals surface area contributed by atoms with Crippen LogP contribution in [0.15, 0.2) is 63.5 Å². The molecule has 3 aromatic rings. The van der Waals surface area contributed by atoms with Crippen LogP contribution < -0.4 is 0 Å². The molecule has 0 bridgehead atoms. The molecule has 0 aliphatic rings. The highest BCUT2D eigenvalue weighted by atomic mass is 79.9. The molecule has 0 unspecified atom stereocenters. The summed E-state index contributed by atoms with van der Waals surface area (Å²) in [6.07, 6.45) is 3.01. The molecule has 2 aromatic carbocycles. The van der Waals surface area contributed by atoms with Gasteiger partial charge >= 0.3 is 5.97 Å². The number of carbonyl (C=O) groups excluding carboxylic acids is 1. The summed E-state index contributed by atoms with van der Waals surface area (Å²) in [5, 5.41) is 8.40. The summed E-state index contributed by atoms with van der Waals surface area (Å²) in [5.74, 6) is 0.0627. The highest BCUT2D eigenvalue weighted by molar-refractivity contribution is 9.10. The number of nitrogens with zero attached hydrogens (tertiary/aromatic N) is 2. The quantitative estimate of drug-likeness (QED) is 0.434. The fourth-order valence-corrected chi connectivity index (χ4v) is 2.52. The maximum atomic E-state index is 11.8. The molecule has 1 aromatic heterocycles. The lowest BCUT2D eigenvalue weighted by molar-refractivity contribution is -0.139. The van der Waals surface area contributed by atoms with E-state index in [-0.39, 0.29) is 12.5 Å². The second-order valence-electron chi connectivity index (χ2n) is 5.00. The van der Waals surface area contributed by atoms with Gasteiger partial charge in [0.05, 0.1) is 0 Å². The molecule has 25 heavy (non-hydrogen) atoms. The van der Waals surface area contributed by atoms with E-state index in [1.807, 2.05) is 24.3 Å². The van der Waals surface area contributed by atoms with Crippen LogP contribution in [-0.2, 0) is 16.1 Å². The van der Waals surface area contributed by atoms with Crippen LogP contribution in [0.4, 0.5) is 0 Å². The normalized spacial score (nSPS) is 11.0. The zero-order chi connectivity index (χ0) is 17.6. The van der Waals surface area contributed by atoms with Gasteiger partial charge in [-0.15, -0.1) is 10.2 Å². The second kappa shape index (κ2) is 8.09. The molecule has 0 spiro atoms. The van der Waals surface area contributed by atoms with Crippen molar-refractivity contribution in [2.45, 2.75) is 6.61 Å². The van der Waals surface area contributed by atoms with Crippen molar-refractivity contribution in [2.24, 2.45) is 0 Å². The Balaban J connectivity index is 1.56. The van der Waals surface area contributed by atoms with E-state index in [4.69, 9.17) is 20.8 Å². The number of aromatic nitrogens is 2. The van der Waals surface area contributed by atoms with E-state index in [0.717, 1.165) is 15.6 Å². The Bertz CT molecular complexity index is 907. The van der Waals surface area contributed by atoms with Crippen molar-refractivity contribution >= 4 is 39.6 Å². The Kier molecular flexibility index (Phi) is 5.63. The van der Waals surface area contributed by atoms with E-state index >= 15 is 0 Å². The summed E-state index contributed by atoms with van der Waals surface area (Å²) in [5.41, 5.74) is 1.62. The maximum Gasteiger partial charge on any atom is 0.331 e. The predicted molar refractivity (Wildman–Crippen MR) is 97.7 cm³/mol. The van der Waals surface area contributed by atoms with E-state index in [1.54, 1.807) is 30.3 Å². The zero-order valence-corrected chi connectivity index (χ0v) is 15.2. The molecule has 1 heterocycles. The first-order chi connectivity index (χ1) is 12.1. The van der Waals surface area contributed by atoms with Gasteiger partial charge < -0.3 is 9.15 Å². The Labute approximate surface area is 157 Å². The minimum absolute atomic E-state index is 0.0950. The second-order valence-corrected chi connectivity index (χ2v) is 6.36. The Morgan fingerprint density at radius 1 is 1.20 bits per heavy atom. The summed E-state index contributed by atoms with van der Waals surface area (Å²) < 4.78 is 11.5. The van der Waals surface area contributed by atoms with Gasteiger partial charge in [0.15, 0.2) is 6.61 Å². The molecule has 0 aliphatic heterocycles. The molecule has 126 valence electrons. The number of benzene rings is 2. The van der Waals surface area contributed by atoms with Crippen LogP contribution in [-0.4, -0.2) is 16.2 Å². The fraction of sp³-hybridized carbons (Fsp3) is 0.0556. The lowest BCUT2D eigenvalue weighted by Gasteiger charge is -1.98. The van der Waals surface area contributed by atoms with Gasteiger partial charge in [-0.3, -0.25) is 0 Å². The number of hydrogen-bond donors (Lipinski definition) is 0. The van der Waals surface area contributed by atoms with Crippen molar-refractivity contribution in [3.8, 4) is 11.5 Å². The molecule has 0 atom stereocenters. The molecule has 0 radical (unpaired) electrons. The van der Waals surface area contributed by atoms with E-state index in [0.29, 0.717) is 10.9 Å². The minimum atomic E-state index is -0.494. The van der Waals surface area contributed by atoms with Crippen molar-refractivity contribution in [1.82, 2.24) is 10.2 Å². The van der Waals surface area contributed by atoms with Crippen molar-refractivity contribution in [2.75, 3.05) is 0 Å². The molecule has 0 N–H and O–H groups in total. The van der Waals surface area contributed by atoms with Crippen LogP contribution in [0, 0.1) is 0 Å². The van der Waals surface area contributed by atoms with E-state index < -0.39 is 5.97 Å². The summed E-state index contributed by atoms with van der Waals surface area (Å²) >= 11 is 9.21. The summed E-state index contributed by atoms with van der Waals surface area (Å²) in [6, 6.07) is 14.6. The first-order valence-corrected chi connectivity index (χ1v) is 8.46. The third-order valence-corrected chi connectivity index (χ3v) is 3.90. The van der Waals surface area contributed by atoms with Crippen LogP contribution >= 0.6 is 27.5 Å². The highest BCUT2D eigenvalue weighted by Crippen LogP contribution is 2.20. The van der Waals surface area contributed by atoms with Crippen LogP contribution in [0.5, 0.6) is 0 Å². The van der Waals surface area contributed by atoms with Crippen molar-refractivity contribution in [1.29, 1.82) is 0 Å². The number of esters is 1. The largest absolute Gasteiger partial charge is 0.452 e. The average Bonchev–Trinajstić information content (AvgIpc) is 3.08. The number of halogens is 2. The highest BCUT2D eigenvalue weighted by Gasteiger charge is 2.10. The number of rotatable bonds is 5. The third-order valence-electron chi connectivity index (χ3n) is 3.16. The van der Waals surface area contributed by atoms with Gasteiger partial charge in [0.1, 0.15) is 0 Å². The Morgan fingerprint density at radius 2 is 2.00 bits per heavy atom. The van der Waals surface area contributed by atoms with Gasteiger partial charge in [-0.05, 0) is 48.0 Å². The van der Waals surface area contributed by atoms with Crippen LogP contribution in [0.2, 0.25) is 5.02 Å². The van der Waals surface area contributed by atoms with E-state index in [2.05, 4.69) is 26.1 Å². The Hall–Kier alpha value is -2.44. The van der Waals surface area contributed by atoms with Gasteiger partial charge in [0.2, 0.25) is 5.89 Å². The monoisotopic (exact) mass is 418 g/mol. The summed E-state index contributed by atoms with van der Waals surface area (Å²) in [6.45, 7) is -0.0950. The van der Waals surface area contributed by atoms with Crippen LogP contribution in [0.25, 0.3) is 17.5 Å². The van der Waals surface area contributed by atoms with Crippen LogP contribution in [0.3, 0.4) is 0 Å². The zero-order valence-electron chi connectivity index (χ0n) is 12.9. The smallest absolute Gasteiger partial charge is 0.331 e. The minimum Gasteiger partial charge on any atom is -0.452 e. The Morgan fingerprint density at radius 3 is 2.76 bits per heavy atom. The van der Waals surface area contributed by atoms with Crippen LogP contribution in [0.1, 0.15) is 11.5 Å². The first-order valence-electron chi connectivity index (χ1n) is 7.29. The van der Waals surface area contributed by atoms with E-state index in [9.17, 15) is 4.79 Å². The van der Waals surface area contributed by atoms with Crippen molar-refractivity contribution in [3.63, 3.8) is 0 Å². The molecule has 0 amide bonds. The fourth-order valence-electron chi connectivity index (χ4n) is 1.98. The lowest BCUT2D eigenvalue weighted by atomic mass is 10.2. The van der Waals surface area contributed by atoms with E-state index in [1.165, 1.54) is 6.08 Å². The van der Waals surface area contributed by atoms with Gasteiger partial charge in [0.25, 0.3) is 5.89 Å².